The van der Waals surface area contributed by atoms with E-state index in [0.29, 0.717) is 0 Å². The van der Waals surface area contributed by atoms with Crippen LogP contribution in [0.5, 0.6) is 0 Å². The number of anilines is 1. The number of hydrogen-bond acceptors (Lipinski definition) is 5. The second kappa shape index (κ2) is 7.00. The quantitative estimate of drug-likeness (QED) is 0.680. The molecule has 0 saturated heterocycles. The maximum Gasteiger partial charge on any atom is 0.269 e. The lowest BCUT2D eigenvalue weighted by atomic mass is 9.85. The van der Waals surface area contributed by atoms with Gasteiger partial charge >= 0.3 is 0 Å². The number of nitro groups is 1. The van der Waals surface area contributed by atoms with E-state index in [1.807, 2.05) is 24.4 Å². The topological polar surface area (TPSA) is 80.4 Å². The lowest BCUT2D eigenvalue weighted by Gasteiger charge is -2.23. The Bertz CT molecular complexity index is 698. The molecule has 0 aliphatic heterocycles. The van der Waals surface area contributed by atoms with Gasteiger partial charge in [0.05, 0.1) is 10.6 Å². The summed E-state index contributed by atoms with van der Waals surface area (Å²) in [5.74, 6) is 0.246. The Morgan fingerprint density at radius 2 is 2.00 bits per heavy atom. The molecule has 1 aromatic heterocycles. The predicted molar refractivity (Wildman–Crippen MR) is 89.6 cm³/mol. The predicted octanol–water partition coefficient (Wildman–Crippen LogP) is 4.12. The first-order chi connectivity index (χ1) is 11.2. The molecule has 1 aliphatic carbocycles. The number of hydrazone groups is 1. The molecule has 0 amide bonds. The number of nitrogens with zero attached hydrogens (tertiary/aromatic N) is 3. The van der Waals surface area contributed by atoms with Gasteiger partial charge in [0.25, 0.3) is 5.69 Å². The van der Waals surface area contributed by atoms with E-state index in [1.54, 1.807) is 12.1 Å². The summed E-state index contributed by atoms with van der Waals surface area (Å²) in [6.07, 6.45) is 6.12. The van der Waals surface area contributed by atoms with Crippen LogP contribution in [0.15, 0.2) is 53.8 Å². The highest BCUT2D eigenvalue weighted by atomic mass is 16.6. The van der Waals surface area contributed by atoms with Gasteiger partial charge in [0.2, 0.25) is 0 Å². The summed E-state index contributed by atoms with van der Waals surface area (Å²) in [7, 11) is 0. The fourth-order valence-corrected chi connectivity index (χ4v) is 2.82. The summed E-state index contributed by atoms with van der Waals surface area (Å²) < 4.78 is 0. The van der Waals surface area contributed by atoms with Crippen molar-refractivity contribution in [3.05, 3.63) is 64.5 Å². The Hall–Kier alpha value is -2.76. The smallest absolute Gasteiger partial charge is 0.269 e. The van der Waals surface area contributed by atoms with Gasteiger partial charge in [0.15, 0.2) is 0 Å². The first-order valence-corrected chi connectivity index (χ1v) is 7.72. The lowest BCUT2D eigenvalue weighted by molar-refractivity contribution is -0.384. The number of rotatable bonds is 4. The van der Waals surface area contributed by atoms with E-state index < -0.39 is 4.92 Å². The minimum Gasteiger partial charge on any atom is -0.279 e. The largest absolute Gasteiger partial charge is 0.279 e. The molecular formula is C17H18N4O2. The number of aromatic nitrogens is 1. The Labute approximate surface area is 134 Å². The molecule has 1 heterocycles. The molecule has 1 fully saturated rings. The maximum absolute atomic E-state index is 10.7. The number of nitrogens with one attached hydrogen (secondary N) is 1. The monoisotopic (exact) mass is 310 g/mol. The van der Waals surface area contributed by atoms with Crippen molar-refractivity contribution in [2.45, 2.75) is 31.6 Å². The van der Waals surface area contributed by atoms with Gasteiger partial charge in [-0.25, -0.2) is 0 Å². The number of pyridine rings is 1. The third-order valence-electron chi connectivity index (χ3n) is 4.03. The highest BCUT2D eigenvalue weighted by Gasteiger charge is 2.23. The third-order valence-corrected chi connectivity index (χ3v) is 4.03. The average molecular weight is 310 g/mol. The minimum atomic E-state index is -0.409. The molecule has 1 saturated carbocycles. The molecule has 0 bridgehead atoms. The Balaban J connectivity index is 1.75. The van der Waals surface area contributed by atoms with E-state index >= 15 is 0 Å². The second-order valence-corrected chi connectivity index (χ2v) is 5.57. The zero-order valence-corrected chi connectivity index (χ0v) is 12.7. The van der Waals surface area contributed by atoms with E-state index in [2.05, 4.69) is 15.5 Å². The highest BCUT2D eigenvalue weighted by Crippen LogP contribution is 2.29. The number of benzene rings is 1. The number of hydrogen-bond donors (Lipinski definition) is 1. The molecule has 1 N–H and O–H groups in total. The van der Waals surface area contributed by atoms with Crippen LogP contribution in [0.25, 0.3) is 0 Å². The average Bonchev–Trinajstić information content (AvgIpc) is 2.61. The normalized spacial score (nSPS) is 19.5. The summed E-state index contributed by atoms with van der Waals surface area (Å²) in [6.45, 7) is 0. The molecule has 6 heteroatoms. The van der Waals surface area contributed by atoms with Crippen molar-refractivity contribution in [3.8, 4) is 0 Å². The van der Waals surface area contributed by atoms with Gasteiger partial charge in [-0.05, 0) is 43.5 Å². The zero-order valence-electron chi connectivity index (χ0n) is 12.7. The van der Waals surface area contributed by atoms with E-state index in [0.717, 1.165) is 36.4 Å². The van der Waals surface area contributed by atoms with E-state index in [1.165, 1.54) is 18.6 Å². The van der Waals surface area contributed by atoms with Crippen LogP contribution >= 0.6 is 0 Å². The Morgan fingerprint density at radius 3 is 2.70 bits per heavy atom. The molecular weight excluding hydrogens is 292 g/mol. The van der Waals surface area contributed by atoms with Crippen LogP contribution < -0.4 is 5.43 Å². The van der Waals surface area contributed by atoms with Crippen molar-refractivity contribution < 1.29 is 4.92 Å². The zero-order chi connectivity index (χ0) is 16.1. The lowest BCUT2D eigenvalue weighted by Crippen LogP contribution is -2.19. The molecule has 1 atom stereocenters. The van der Waals surface area contributed by atoms with Gasteiger partial charge in [-0.3, -0.25) is 20.5 Å². The van der Waals surface area contributed by atoms with E-state index in [-0.39, 0.29) is 11.6 Å². The van der Waals surface area contributed by atoms with Crippen molar-refractivity contribution in [2.75, 3.05) is 5.43 Å². The Morgan fingerprint density at radius 1 is 1.17 bits per heavy atom. The van der Waals surface area contributed by atoms with Crippen molar-refractivity contribution in [3.63, 3.8) is 0 Å². The Kier molecular flexibility index (Phi) is 4.61. The van der Waals surface area contributed by atoms with Gasteiger partial charge in [-0.2, -0.15) is 5.10 Å². The van der Waals surface area contributed by atoms with Crippen LogP contribution in [0.2, 0.25) is 0 Å². The maximum atomic E-state index is 10.7. The van der Waals surface area contributed by atoms with Crippen molar-refractivity contribution in [2.24, 2.45) is 5.10 Å². The SMILES string of the molecule is O=[N+]([O-])c1ccc(N/N=C2/CCCCC2c2ccccn2)cc1. The van der Waals surface area contributed by atoms with Gasteiger partial charge in [0, 0.05) is 35.7 Å². The van der Waals surface area contributed by atoms with Crippen molar-refractivity contribution >= 4 is 17.1 Å². The second-order valence-electron chi connectivity index (χ2n) is 5.57. The molecule has 3 rings (SSSR count). The van der Waals surface area contributed by atoms with E-state index in [4.69, 9.17) is 0 Å². The van der Waals surface area contributed by atoms with Crippen LogP contribution in [0, 0.1) is 10.1 Å². The minimum absolute atomic E-state index is 0.0761. The van der Waals surface area contributed by atoms with Crippen LogP contribution in [-0.2, 0) is 0 Å². The molecule has 0 radical (unpaired) electrons. The summed E-state index contributed by atoms with van der Waals surface area (Å²) >= 11 is 0. The summed E-state index contributed by atoms with van der Waals surface area (Å²) in [5.41, 5.74) is 5.98. The van der Waals surface area contributed by atoms with Crippen LogP contribution in [0.1, 0.15) is 37.3 Å². The van der Waals surface area contributed by atoms with Gasteiger partial charge in [0.1, 0.15) is 0 Å². The molecule has 6 nitrogen and oxygen atoms in total. The van der Waals surface area contributed by atoms with Crippen LogP contribution in [-0.4, -0.2) is 15.6 Å². The molecule has 0 spiro atoms. The fourth-order valence-electron chi connectivity index (χ4n) is 2.82. The van der Waals surface area contributed by atoms with Crippen LogP contribution in [0.3, 0.4) is 0 Å². The van der Waals surface area contributed by atoms with Crippen molar-refractivity contribution in [1.29, 1.82) is 0 Å². The first kappa shape index (κ1) is 15.1. The van der Waals surface area contributed by atoms with Gasteiger partial charge in [-0.15, -0.1) is 0 Å². The van der Waals surface area contributed by atoms with Gasteiger partial charge < -0.3 is 0 Å². The molecule has 23 heavy (non-hydrogen) atoms. The highest BCUT2D eigenvalue weighted by molar-refractivity contribution is 5.91. The number of nitro benzene ring substituents is 1. The van der Waals surface area contributed by atoms with Gasteiger partial charge in [-0.1, -0.05) is 12.5 Å². The molecule has 2 aromatic rings. The third kappa shape index (κ3) is 3.71. The standard InChI is InChI=1S/C17H18N4O2/c22-21(23)14-10-8-13(9-11-14)19-20-17-7-2-1-5-15(17)16-6-3-4-12-18-16/h3-4,6,8-12,15,19H,1-2,5,7H2/b20-17-. The van der Waals surface area contributed by atoms with E-state index in [9.17, 15) is 10.1 Å². The summed E-state index contributed by atoms with van der Waals surface area (Å²) in [4.78, 5) is 14.7. The molecule has 1 aliphatic rings. The van der Waals surface area contributed by atoms with Crippen LogP contribution in [0.4, 0.5) is 11.4 Å². The van der Waals surface area contributed by atoms with Crippen molar-refractivity contribution in [1.82, 2.24) is 4.98 Å². The number of non-ortho nitro benzene ring substituents is 1. The fraction of sp³-hybridized carbons (Fsp3) is 0.294. The first-order valence-electron chi connectivity index (χ1n) is 7.72. The molecule has 1 unspecified atom stereocenters. The molecule has 118 valence electrons. The summed E-state index contributed by atoms with van der Waals surface area (Å²) in [6, 6.07) is 12.2. The molecule has 1 aromatic carbocycles. The summed E-state index contributed by atoms with van der Waals surface area (Å²) in [5, 5.41) is 15.2.